The Morgan fingerprint density at radius 2 is 2.14 bits per heavy atom. The minimum absolute atomic E-state index is 0.633. The van der Waals surface area contributed by atoms with Crippen LogP contribution in [0.3, 0.4) is 0 Å². The fourth-order valence-corrected chi connectivity index (χ4v) is 2.15. The summed E-state index contributed by atoms with van der Waals surface area (Å²) >= 11 is 0. The summed E-state index contributed by atoms with van der Waals surface area (Å²) in [6.45, 7) is 10.5. The van der Waals surface area contributed by atoms with Gasteiger partial charge in [0.15, 0.2) is 0 Å². The van der Waals surface area contributed by atoms with E-state index in [0.717, 1.165) is 41.9 Å². The van der Waals surface area contributed by atoms with Gasteiger partial charge in [0.1, 0.15) is 5.75 Å². The lowest BCUT2D eigenvalue weighted by molar-refractivity contribution is 0.328. The van der Waals surface area contributed by atoms with Crippen LogP contribution in [0.2, 0.25) is 0 Å². The fraction of sp³-hybridized carbons (Fsp3) is 0.389. The normalized spacial score (nSPS) is 11.0. The van der Waals surface area contributed by atoms with Crippen LogP contribution in [0.25, 0.3) is 10.9 Å². The molecular weight excluding hydrogens is 260 g/mol. The molecule has 0 spiro atoms. The van der Waals surface area contributed by atoms with E-state index in [4.69, 9.17) is 9.72 Å². The van der Waals surface area contributed by atoms with Crippen LogP contribution in [0.5, 0.6) is 5.75 Å². The van der Waals surface area contributed by atoms with Gasteiger partial charge in [-0.2, -0.15) is 0 Å². The van der Waals surface area contributed by atoms with Gasteiger partial charge in [0, 0.05) is 18.0 Å². The zero-order chi connectivity index (χ0) is 15.1. The Bertz CT molecular complexity index is 593. The van der Waals surface area contributed by atoms with E-state index in [-0.39, 0.29) is 0 Å². The largest absolute Gasteiger partial charge is 0.492 e. The topological polar surface area (TPSA) is 34.1 Å². The van der Waals surface area contributed by atoms with E-state index < -0.39 is 0 Å². The molecule has 0 unspecified atom stereocenters. The van der Waals surface area contributed by atoms with Crippen molar-refractivity contribution in [1.29, 1.82) is 0 Å². The summed E-state index contributed by atoms with van der Waals surface area (Å²) in [6, 6.07) is 10.1. The van der Waals surface area contributed by atoms with Gasteiger partial charge in [0.2, 0.25) is 0 Å². The lowest BCUT2D eigenvalue weighted by Gasteiger charge is -2.12. The molecule has 1 aromatic carbocycles. The summed E-state index contributed by atoms with van der Waals surface area (Å²) in [5.74, 6) is 1.54. The van der Waals surface area contributed by atoms with E-state index in [0.29, 0.717) is 12.5 Å². The minimum Gasteiger partial charge on any atom is -0.492 e. The van der Waals surface area contributed by atoms with E-state index in [1.54, 1.807) is 0 Å². The Balaban J connectivity index is 2.19. The Morgan fingerprint density at radius 1 is 1.33 bits per heavy atom. The third-order valence-corrected chi connectivity index (χ3v) is 3.17. The summed E-state index contributed by atoms with van der Waals surface area (Å²) in [4.78, 5) is 4.70. The first kappa shape index (κ1) is 15.5. The van der Waals surface area contributed by atoms with Crippen LogP contribution in [-0.4, -0.2) is 18.1 Å². The Kier molecular flexibility index (Phi) is 5.76. The third-order valence-electron chi connectivity index (χ3n) is 3.17. The molecule has 0 amide bonds. The molecule has 2 aromatic rings. The van der Waals surface area contributed by atoms with Gasteiger partial charge in [-0.15, -0.1) is 6.58 Å². The molecule has 0 atom stereocenters. The molecule has 0 aliphatic carbocycles. The molecule has 1 heterocycles. The number of hydrogen-bond donors (Lipinski definition) is 1. The molecule has 112 valence electrons. The number of nitrogens with zero attached hydrogens (tertiary/aromatic N) is 1. The van der Waals surface area contributed by atoms with Crippen molar-refractivity contribution in [3.05, 3.63) is 48.7 Å². The van der Waals surface area contributed by atoms with Gasteiger partial charge in [-0.25, -0.2) is 0 Å². The highest BCUT2D eigenvalue weighted by Gasteiger charge is 2.06. The molecular formula is C18H24N2O. The number of hydrogen-bond acceptors (Lipinski definition) is 3. The maximum absolute atomic E-state index is 5.89. The van der Waals surface area contributed by atoms with Crippen molar-refractivity contribution in [1.82, 2.24) is 10.3 Å². The van der Waals surface area contributed by atoms with Crippen LogP contribution >= 0.6 is 0 Å². The monoisotopic (exact) mass is 284 g/mol. The second-order valence-electron chi connectivity index (χ2n) is 5.58. The molecule has 2 rings (SSSR count). The predicted molar refractivity (Wildman–Crippen MR) is 88.6 cm³/mol. The van der Waals surface area contributed by atoms with Crippen molar-refractivity contribution in [3.8, 4) is 5.75 Å². The van der Waals surface area contributed by atoms with Gasteiger partial charge >= 0.3 is 0 Å². The smallest absolute Gasteiger partial charge is 0.130 e. The van der Waals surface area contributed by atoms with Crippen LogP contribution in [0.4, 0.5) is 0 Å². The van der Waals surface area contributed by atoms with Crippen LogP contribution < -0.4 is 10.1 Å². The van der Waals surface area contributed by atoms with Crippen LogP contribution in [-0.2, 0) is 6.54 Å². The maximum Gasteiger partial charge on any atom is 0.130 e. The third kappa shape index (κ3) is 4.57. The number of rotatable bonds is 8. The molecule has 0 saturated carbocycles. The zero-order valence-corrected chi connectivity index (χ0v) is 12.9. The summed E-state index contributed by atoms with van der Waals surface area (Å²) in [5.41, 5.74) is 2.00. The summed E-state index contributed by atoms with van der Waals surface area (Å²) in [7, 11) is 0. The number of ether oxygens (including phenoxy) is 1. The fourth-order valence-electron chi connectivity index (χ4n) is 2.15. The van der Waals surface area contributed by atoms with Crippen molar-refractivity contribution in [2.24, 2.45) is 5.92 Å². The highest BCUT2D eigenvalue weighted by atomic mass is 16.5. The van der Waals surface area contributed by atoms with Crippen molar-refractivity contribution in [2.45, 2.75) is 26.8 Å². The summed E-state index contributed by atoms with van der Waals surface area (Å²) in [5, 5.41) is 4.49. The molecule has 3 nitrogen and oxygen atoms in total. The number of nitrogens with one attached hydrogen (secondary N) is 1. The van der Waals surface area contributed by atoms with E-state index in [9.17, 15) is 0 Å². The second kappa shape index (κ2) is 7.79. The predicted octanol–water partition coefficient (Wildman–Crippen LogP) is 3.94. The molecule has 0 aliphatic rings. The van der Waals surface area contributed by atoms with Crippen molar-refractivity contribution in [2.75, 3.05) is 13.2 Å². The van der Waals surface area contributed by atoms with E-state index in [1.807, 2.05) is 30.3 Å². The van der Waals surface area contributed by atoms with Gasteiger partial charge in [-0.1, -0.05) is 32.1 Å². The van der Waals surface area contributed by atoms with Crippen LogP contribution in [0.1, 0.15) is 26.0 Å². The van der Waals surface area contributed by atoms with Gasteiger partial charge in [-0.05, 0) is 31.0 Å². The van der Waals surface area contributed by atoms with E-state index in [2.05, 4.69) is 31.8 Å². The van der Waals surface area contributed by atoms with Crippen LogP contribution in [0.15, 0.2) is 43.0 Å². The first-order valence-electron chi connectivity index (χ1n) is 7.53. The van der Waals surface area contributed by atoms with Crippen molar-refractivity contribution in [3.63, 3.8) is 0 Å². The van der Waals surface area contributed by atoms with E-state index in [1.165, 1.54) is 0 Å². The molecule has 0 saturated heterocycles. The van der Waals surface area contributed by atoms with Gasteiger partial charge < -0.3 is 10.1 Å². The number of aromatic nitrogens is 1. The van der Waals surface area contributed by atoms with Crippen molar-refractivity contribution < 1.29 is 4.74 Å². The number of benzene rings is 1. The number of pyridine rings is 1. The maximum atomic E-state index is 5.89. The number of fused-ring (bicyclic) bond motifs is 1. The molecule has 0 radical (unpaired) electrons. The Hall–Kier alpha value is -1.87. The van der Waals surface area contributed by atoms with Gasteiger partial charge in [0.05, 0.1) is 17.8 Å². The Morgan fingerprint density at radius 3 is 2.90 bits per heavy atom. The van der Waals surface area contributed by atoms with Crippen LogP contribution in [0, 0.1) is 5.92 Å². The standard InChI is InChI=1S/C18H24N2O/c1-4-5-10-21-18-11-15(13-19-12-14(2)3)20-17-9-7-6-8-16(17)18/h4,6-9,11,14,19H,1,5,10,12-13H2,2-3H3. The molecule has 0 fully saturated rings. The molecule has 0 bridgehead atoms. The quantitative estimate of drug-likeness (QED) is 0.589. The summed E-state index contributed by atoms with van der Waals surface area (Å²) < 4.78 is 5.89. The first-order chi connectivity index (χ1) is 10.2. The van der Waals surface area contributed by atoms with E-state index >= 15 is 0 Å². The van der Waals surface area contributed by atoms with Crippen molar-refractivity contribution >= 4 is 10.9 Å². The minimum atomic E-state index is 0.633. The molecule has 3 heteroatoms. The molecule has 1 N–H and O–H groups in total. The summed E-state index contributed by atoms with van der Waals surface area (Å²) in [6.07, 6.45) is 2.71. The molecule has 21 heavy (non-hydrogen) atoms. The SMILES string of the molecule is C=CCCOc1cc(CNCC(C)C)nc2ccccc12. The molecule has 1 aromatic heterocycles. The molecule has 0 aliphatic heterocycles. The zero-order valence-electron chi connectivity index (χ0n) is 12.9. The highest BCUT2D eigenvalue weighted by molar-refractivity contribution is 5.85. The second-order valence-corrected chi connectivity index (χ2v) is 5.58. The average molecular weight is 284 g/mol. The number of para-hydroxylation sites is 1. The average Bonchev–Trinajstić information content (AvgIpc) is 2.47. The first-order valence-corrected chi connectivity index (χ1v) is 7.53. The Labute approximate surface area is 127 Å². The van der Waals surface area contributed by atoms with Gasteiger partial charge in [0.25, 0.3) is 0 Å². The van der Waals surface area contributed by atoms with Gasteiger partial charge in [-0.3, -0.25) is 4.98 Å². The lowest BCUT2D eigenvalue weighted by atomic mass is 10.1. The highest BCUT2D eigenvalue weighted by Crippen LogP contribution is 2.25. The lowest BCUT2D eigenvalue weighted by Crippen LogP contribution is -2.19.